The van der Waals surface area contributed by atoms with Crippen molar-refractivity contribution in [3.8, 4) is 11.4 Å². The molecule has 2 aromatic carbocycles. The van der Waals surface area contributed by atoms with E-state index in [-0.39, 0.29) is 17.8 Å². The molecule has 1 aromatic heterocycles. The second-order valence-corrected chi connectivity index (χ2v) is 7.04. The van der Waals surface area contributed by atoms with E-state index in [1.165, 1.54) is 30.1 Å². The number of carbonyl (C=O) groups is 2. The number of aryl methyl sites for hydroxylation is 1. The summed E-state index contributed by atoms with van der Waals surface area (Å²) >= 11 is 0. The molecule has 32 heavy (non-hydrogen) atoms. The van der Waals surface area contributed by atoms with Gasteiger partial charge in [0.15, 0.2) is 0 Å². The van der Waals surface area contributed by atoms with Gasteiger partial charge in [-0.15, -0.1) is 0 Å². The molecule has 0 unspecified atom stereocenters. The van der Waals surface area contributed by atoms with E-state index in [9.17, 15) is 22.8 Å². The predicted molar refractivity (Wildman–Crippen MR) is 112 cm³/mol. The van der Waals surface area contributed by atoms with Gasteiger partial charge in [0.1, 0.15) is 5.75 Å². The molecule has 7 nitrogen and oxygen atoms in total. The number of carbonyl (C=O) groups excluding carboxylic acids is 2. The van der Waals surface area contributed by atoms with Gasteiger partial charge in [-0.3, -0.25) is 9.59 Å². The Kier molecular flexibility index (Phi) is 6.52. The van der Waals surface area contributed by atoms with E-state index in [4.69, 9.17) is 4.74 Å². The maximum Gasteiger partial charge on any atom is 0.416 e. The monoisotopic (exact) mass is 446 g/mol. The molecule has 0 saturated carbocycles. The van der Waals surface area contributed by atoms with Crippen LogP contribution in [0.5, 0.6) is 5.75 Å². The SMILES string of the molecule is COc1ccc(C)cc1NC(=O)CNC(=O)c1cnn(-c2cccc(C(F)(F)F)c2)c1C. The van der Waals surface area contributed by atoms with Crippen LogP contribution in [0.2, 0.25) is 0 Å². The summed E-state index contributed by atoms with van der Waals surface area (Å²) in [7, 11) is 1.48. The Morgan fingerprint density at radius 2 is 1.88 bits per heavy atom. The van der Waals surface area contributed by atoms with E-state index in [0.717, 1.165) is 17.7 Å². The van der Waals surface area contributed by atoms with Crippen molar-refractivity contribution < 1.29 is 27.5 Å². The summed E-state index contributed by atoms with van der Waals surface area (Å²) in [5.74, 6) is -0.564. The second kappa shape index (κ2) is 9.13. The number of anilines is 1. The lowest BCUT2D eigenvalue weighted by Gasteiger charge is -2.12. The number of benzene rings is 2. The van der Waals surface area contributed by atoms with Gasteiger partial charge in [-0.1, -0.05) is 12.1 Å². The zero-order valence-electron chi connectivity index (χ0n) is 17.6. The van der Waals surface area contributed by atoms with Crippen molar-refractivity contribution in [2.75, 3.05) is 19.0 Å². The lowest BCUT2D eigenvalue weighted by Crippen LogP contribution is -2.33. The largest absolute Gasteiger partial charge is 0.495 e. The van der Waals surface area contributed by atoms with Gasteiger partial charge < -0.3 is 15.4 Å². The molecule has 2 amide bonds. The topological polar surface area (TPSA) is 85.2 Å². The Labute approximate surface area is 182 Å². The highest BCUT2D eigenvalue weighted by Gasteiger charge is 2.30. The van der Waals surface area contributed by atoms with Crippen molar-refractivity contribution in [1.29, 1.82) is 0 Å². The van der Waals surface area contributed by atoms with Gasteiger partial charge >= 0.3 is 6.18 Å². The number of methoxy groups -OCH3 is 1. The van der Waals surface area contributed by atoms with Gasteiger partial charge in [-0.25, -0.2) is 4.68 Å². The average Bonchev–Trinajstić information content (AvgIpc) is 3.13. The van der Waals surface area contributed by atoms with Crippen LogP contribution in [-0.2, 0) is 11.0 Å². The van der Waals surface area contributed by atoms with E-state index in [2.05, 4.69) is 15.7 Å². The molecule has 0 spiro atoms. The van der Waals surface area contributed by atoms with Crippen molar-refractivity contribution in [2.24, 2.45) is 0 Å². The van der Waals surface area contributed by atoms with Crippen LogP contribution in [0.3, 0.4) is 0 Å². The van der Waals surface area contributed by atoms with E-state index >= 15 is 0 Å². The van der Waals surface area contributed by atoms with Crippen LogP contribution in [-0.4, -0.2) is 35.2 Å². The second-order valence-electron chi connectivity index (χ2n) is 7.04. The smallest absolute Gasteiger partial charge is 0.416 e. The molecule has 3 rings (SSSR count). The number of ether oxygens (including phenoxy) is 1. The summed E-state index contributed by atoms with van der Waals surface area (Å²) in [4.78, 5) is 24.8. The molecule has 3 aromatic rings. The predicted octanol–water partition coefficient (Wildman–Crippen LogP) is 3.89. The molecule has 2 N–H and O–H groups in total. The van der Waals surface area contributed by atoms with Crippen LogP contribution in [0, 0.1) is 13.8 Å². The number of rotatable bonds is 6. The summed E-state index contributed by atoms with van der Waals surface area (Å²) < 4.78 is 45.4. The fourth-order valence-corrected chi connectivity index (χ4v) is 3.08. The molecule has 0 aliphatic heterocycles. The van der Waals surface area contributed by atoms with Crippen molar-refractivity contribution in [1.82, 2.24) is 15.1 Å². The lowest BCUT2D eigenvalue weighted by molar-refractivity contribution is -0.137. The molecule has 0 fully saturated rings. The third-order valence-electron chi connectivity index (χ3n) is 4.71. The minimum Gasteiger partial charge on any atom is -0.495 e. The number of nitrogens with one attached hydrogen (secondary N) is 2. The Balaban J connectivity index is 1.69. The Hall–Kier alpha value is -3.82. The van der Waals surface area contributed by atoms with Crippen molar-refractivity contribution in [3.05, 3.63) is 71.0 Å². The maximum absolute atomic E-state index is 13.0. The van der Waals surface area contributed by atoms with Crippen molar-refractivity contribution in [3.63, 3.8) is 0 Å². The molecule has 0 aliphatic carbocycles. The molecular formula is C22H21F3N4O3. The van der Waals surface area contributed by atoms with Gasteiger partial charge in [0.2, 0.25) is 5.91 Å². The van der Waals surface area contributed by atoms with Crippen molar-refractivity contribution in [2.45, 2.75) is 20.0 Å². The van der Waals surface area contributed by atoms with Gasteiger partial charge in [-0.2, -0.15) is 18.3 Å². The van der Waals surface area contributed by atoms with E-state index < -0.39 is 23.6 Å². The van der Waals surface area contributed by atoms with Crippen LogP contribution in [0.1, 0.15) is 27.2 Å². The molecular weight excluding hydrogens is 425 g/mol. The molecule has 10 heteroatoms. The van der Waals surface area contributed by atoms with Gasteiger partial charge in [0.05, 0.1) is 48.0 Å². The summed E-state index contributed by atoms with van der Waals surface area (Å²) in [6, 6.07) is 9.92. The lowest BCUT2D eigenvalue weighted by atomic mass is 10.2. The Bertz CT molecular complexity index is 1160. The standard InChI is InChI=1S/C22H21F3N4O3/c1-13-7-8-19(32-3)18(9-13)28-20(30)12-26-21(31)17-11-27-29(14(17)2)16-6-4-5-15(10-16)22(23,24)25/h4-11H,12H2,1-3H3,(H,26,31)(H,28,30). The fourth-order valence-electron chi connectivity index (χ4n) is 3.08. The molecule has 168 valence electrons. The number of amides is 2. The number of aromatic nitrogens is 2. The van der Waals surface area contributed by atoms with Crippen LogP contribution in [0.15, 0.2) is 48.7 Å². The first-order chi connectivity index (χ1) is 15.1. The van der Waals surface area contributed by atoms with Crippen LogP contribution in [0.25, 0.3) is 5.69 Å². The van der Waals surface area contributed by atoms with E-state index in [1.54, 1.807) is 19.1 Å². The van der Waals surface area contributed by atoms with Gasteiger partial charge in [0, 0.05) is 0 Å². The normalized spacial score (nSPS) is 11.2. The quantitative estimate of drug-likeness (QED) is 0.602. The van der Waals surface area contributed by atoms with E-state index in [1.807, 2.05) is 13.0 Å². The zero-order chi connectivity index (χ0) is 23.5. The van der Waals surface area contributed by atoms with Crippen LogP contribution in [0.4, 0.5) is 18.9 Å². The van der Waals surface area contributed by atoms with Crippen molar-refractivity contribution >= 4 is 17.5 Å². The highest BCUT2D eigenvalue weighted by atomic mass is 19.4. The Morgan fingerprint density at radius 3 is 2.56 bits per heavy atom. The molecule has 0 saturated heterocycles. The highest BCUT2D eigenvalue weighted by molar-refractivity contribution is 6.00. The summed E-state index contributed by atoms with van der Waals surface area (Å²) in [6.07, 6.45) is -3.25. The summed E-state index contributed by atoms with van der Waals surface area (Å²) in [5, 5.41) is 9.19. The molecule has 0 atom stereocenters. The molecule has 0 radical (unpaired) electrons. The minimum absolute atomic E-state index is 0.142. The average molecular weight is 446 g/mol. The summed E-state index contributed by atoms with van der Waals surface area (Å²) in [6.45, 7) is 3.10. The summed E-state index contributed by atoms with van der Waals surface area (Å²) in [5.41, 5.74) is 1.22. The van der Waals surface area contributed by atoms with Crippen LogP contribution >= 0.6 is 0 Å². The maximum atomic E-state index is 13.0. The first kappa shape index (κ1) is 22.9. The third kappa shape index (κ3) is 5.08. The van der Waals surface area contributed by atoms with Gasteiger partial charge in [-0.05, 0) is 49.7 Å². The number of hydrogen-bond acceptors (Lipinski definition) is 4. The number of hydrogen-bond donors (Lipinski definition) is 2. The third-order valence-corrected chi connectivity index (χ3v) is 4.71. The number of nitrogens with zero attached hydrogens (tertiary/aromatic N) is 2. The minimum atomic E-state index is -4.50. The zero-order valence-corrected chi connectivity index (χ0v) is 17.6. The first-order valence-corrected chi connectivity index (χ1v) is 9.55. The molecule has 0 aliphatic rings. The highest BCUT2D eigenvalue weighted by Crippen LogP contribution is 2.30. The number of halogens is 3. The van der Waals surface area contributed by atoms with Crippen LogP contribution < -0.4 is 15.4 Å². The molecule has 0 bridgehead atoms. The number of alkyl halides is 3. The van der Waals surface area contributed by atoms with E-state index in [0.29, 0.717) is 17.1 Å². The first-order valence-electron chi connectivity index (χ1n) is 9.55. The fraction of sp³-hybridized carbons (Fsp3) is 0.227. The van der Waals surface area contributed by atoms with Gasteiger partial charge in [0.25, 0.3) is 5.91 Å². The Morgan fingerprint density at radius 1 is 1.12 bits per heavy atom. The molecule has 1 heterocycles.